The first-order valence-electron chi connectivity index (χ1n) is 5.71. The number of nitrogen functional groups attached to an aromatic ring is 1. The molecule has 0 saturated carbocycles. The molecule has 0 spiro atoms. The van der Waals surface area contributed by atoms with Crippen LogP contribution in [0.5, 0.6) is 5.88 Å². The second kappa shape index (κ2) is 4.52. The van der Waals surface area contributed by atoms with Gasteiger partial charge in [-0.1, -0.05) is 0 Å². The van der Waals surface area contributed by atoms with Crippen molar-refractivity contribution in [1.82, 2.24) is 24.6 Å². The lowest BCUT2D eigenvalue weighted by atomic mass is 10.2. The molecular weight excluding hydrogens is 244 g/mol. The number of hydrogen-bond acceptors (Lipinski definition) is 6. The van der Waals surface area contributed by atoms with Gasteiger partial charge in [-0.2, -0.15) is 9.50 Å². The van der Waals surface area contributed by atoms with Crippen molar-refractivity contribution in [2.75, 3.05) is 12.8 Å². The summed E-state index contributed by atoms with van der Waals surface area (Å²) in [6.45, 7) is 0. The quantitative estimate of drug-likeness (QED) is 0.741. The molecule has 19 heavy (non-hydrogen) atoms. The summed E-state index contributed by atoms with van der Waals surface area (Å²) in [4.78, 5) is 12.5. The van der Waals surface area contributed by atoms with Gasteiger partial charge < -0.3 is 10.5 Å². The van der Waals surface area contributed by atoms with Gasteiger partial charge in [-0.05, 0) is 11.6 Å². The zero-order valence-electron chi connectivity index (χ0n) is 10.3. The standard InChI is InChI=1S/C12H12N6O/c1-19-11-7-8(2-4-15-11)6-10-14-5-3-9-16-12(13)17-18(9)10/h2-5,7H,6H2,1H3,(H2,13,17). The van der Waals surface area contributed by atoms with Crippen LogP contribution in [0.3, 0.4) is 0 Å². The van der Waals surface area contributed by atoms with Crippen molar-refractivity contribution in [2.24, 2.45) is 0 Å². The predicted molar refractivity (Wildman–Crippen MR) is 68.8 cm³/mol. The summed E-state index contributed by atoms with van der Waals surface area (Å²) in [5.41, 5.74) is 7.31. The molecule has 7 nitrogen and oxygen atoms in total. The normalized spacial score (nSPS) is 10.8. The fourth-order valence-electron chi connectivity index (χ4n) is 1.86. The summed E-state index contributed by atoms with van der Waals surface area (Å²) in [6.07, 6.45) is 3.99. The second-order valence-electron chi connectivity index (χ2n) is 3.98. The third kappa shape index (κ3) is 2.17. The summed E-state index contributed by atoms with van der Waals surface area (Å²) >= 11 is 0. The maximum atomic E-state index is 5.60. The van der Waals surface area contributed by atoms with Crippen LogP contribution in [0.15, 0.2) is 30.6 Å². The molecule has 3 aromatic rings. The number of aromatic nitrogens is 5. The highest BCUT2D eigenvalue weighted by Gasteiger charge is 2.07. The minimum Gasteiger partial charge on any atom is -0.481 e. The summed E-state index contributed by atoms with van der Waals surface area (Å²) in [5, 5.41) is 4.13. The van der Waals surface area contributed by atoms with Crippen molar-refractivity contribution < 1.29 is 4.74 Å². The van der Waals surface area contributed by atoms with Gasteiger partial charge in [0, 0.05) is 30.9 Å². The number of nitrogens with zero attached hydrogens (tertiary/aromatic N) is 5. The lowest BCUT2D eigenvalue weighted by Gasteiger charge is -2.04. The summed E-state index contributed by atoms with van der Waals surface area (Å²) in [5.74, 6) is 1.57. The number of rotatable bonds is 3. The number of methoxy groups -OCH3 is 1. The highest BCUT2D eigenvalue weighted by Crippen LogP contribution is 2.13. The van der Waals surface area contributed by atoms with E-state index in [1.165, 1.54) is 0 Å². The molecule has 96 valence electrons. The van der Waals surface area contributed by atoms with Crippen LogP contribution < -0.4 is 10.5 Å². The lowest BCUT2D eigenvalue weighted by Crippen LogP contribution is -2.03. The first-order chi connectivity index (χ1) is 9.26. The molecule has 3 aromatic heterocycles. The Morgan fingerprint density at radius 2 is 2.11 bits per heavy atom. The van der Waals surface area contributed by atoms with Crippen molar-refractivity contribution in [3.05, 3.63) is 42.0 Å². The Kier molecular flexibility index (Phi) is 2.71. The van der Waals surface area contributed by atoms with Crippen LogP contribution in [-0.4, -0.2) is 31.7 Å². The van der Waals surface area contributed by atoms with E-state index in [0.29, 0.717) is 17.9 Å². The smallest absolute Gasteiger partial charge is 0.240 e. The molecule has 0 amide bonds. The summed E-state index contributed by atoms with van der Waals surface area (Å²) in [7, 11) is 1.59. The Balaban J connectivity index is 2.00. The monoisotopic (exact) mass is 256 g/mol. The van der Waals surface area contributed by atoms with Crippen LogP contribution in [-0.2, 0) is 6.42 Å². The third-order valence-electron chi connectivity index (χ3n) is 2.71. The lowest BCUT2D eigenvalue weighted by molar-refractivity contribution is 0.397. The van der Waals surface area contributed by atoms with Gasteiger partial charge in [-0.15, -0.1) is 5.10 Å². The van der Waals surface area contributed by atoms with Crippen molar-refractivity contribution in [2.45, 2.75) is 6.42 Å². The highest BCUT2D eigenvalue weighted by atomic mass is 16.5. The first kappa shape index (κ1) is 11.4. The van der Waals surface area contributed by atoms with E-state index in [0.717, 1.165) is 11.4 Å². The van der Waals surface area contributed by atoms with E-state index in [9.17, 15) is 0 Å². The fourth-order valence-corrected chi connectivity index (χ4v) is 1.86. The molecule has 0 atom stereocenters. The molecule has 0 bridgehead atoms. The van der Waals surface area contributed by atoms with Gasteiger partial charge >= 0.3 is 0 Å². The van der Waals surface area contributed by atoms with Crippen LogP contribution in [0.2, 0.25) is 0 Å². The first-order valence-corrected chi connectivity index (χ1v) is 5.71. The fraction of sp³-hybridized carbons (Fsp3) is 0.167. The zero-order valence-corrected chi connectivity index (χ0v) is 10.3. The van der Waals surface area contributed by atoms with Gasteiger partial charge in [0.25, 0.3) is 0 Å². The molecule has 7 heteroatoms. The summed E-state index contributed by atoms with van der Waals surface area (Å²) in [6, 6.07) is 5.53. The summed E-state index contributed by atoms with van der Waals surface area (Å²) < 4.78 is 6.74. The molecule has 3 rings (SSSR count). The number of hydrogen-bond donors (Lipinski definition) is 1. The van der Waals surface area contributed by atoms with E-state index in [1.807, 2.05) is 12.1 Å². The molecule has 0 aliphatic carbocycles. The van der Waals surface area contributed by atoms with Crippen LogP contribution in [0, 0.1) is 0 Å². The molecule has 2 N–H and O–H groups in total. The average Bonchev–Trinajstić information content (AvgIpc) is 2.80. The second-order valence-corrected chi connectivity index (χ2v) is 3.98. The van der Waals surface area contributed by atoms with Crippen LogP contribution in [0.1, 0.15) is 11.4 Å². The topological polar surface area (TPSA) is 91.2 Å². The third-order valence-corrected chi connectivity index (χ3v) is 2.71. The van der Waals surface area contributed by atoms with Gasteiger partial charge in [0.1, 0.15) is 5.82 Å². The Bertz CT molecular complexity index is 723. The molecule has 0 unspecified atom stereocenters. The van der Waals surface area contributed by atoms with Crippen molar-refractivity contribution in [3.63, 3.8) is 0 Å². The number of pyridine rings is 1. The maximum Gasteiger partial charge on any atom is 0.240 e. The number of anilines is 1. The average molecular weight is 256 g/mol. The Morgan fingerprint density at radius 1 is 1.26 bits per heavy atom. The van der Waals surface area contributed by atoms with Crippen molar-refractivity contribution in [3.8, 4) is 5.88 Å². The largest absolute Gasteiger partial charge is 0.481 e. The molecule has 0 fully saturated rings. The number of nitrogens with two attached hydrogens (primary N) is 1. The van der Waals surface area contributed by atoms with E-state index < -0.39 is 0 Å². The minimum absolute atomic E-state index is 0.238. The van der Waals surface area contributed by atoms with Gasteiger partial charge in [0.2, 0.25) is 11.8 Å². The Labute approximate surface area is 109 Å². The minimum atomic E-state index is 0.238. The van der Waals surface area contributed by atoms with Crippen LogP contribution in [0.25, 0.3) is 5.65 Å². The molecular formula is C12H12N6O. The van der Waals surface area contributed by atoms with E-state index in [2.05, 4.69) is 20.1 Å². The van der Waals surface area contributed by atoms with E-state index in [4.69, 9.17) is 10.5 Å². The molecule has 0 aliphatic rings. The van der Waals surface area contributed by atoms with Gasteiger partial charge in [0.15, 0.2) is 5.65 Å². The molecule has 0 aromatic carbocycles. The van der Waals surface area contributed by atoms with Crippen molar-refractivity contribution in [1.29, 1.82) is 0 Å². The van der Waals surface area contributed by atoms with E-state index in [-0.39, 0.29) is 5.95 Å². The van der Waals surface area contributed by atoms with Crippen LogP contribution in [0.4, 0.5) is 5.95 Å². The van der Waals surface area contributed by atoms with E-state index in [1.54, 1.807) is 30.1 Å². The molecule has 0 saturated heterocycles. The molecule has 3 heterocycles. The van der Waals surface area contributed by atoms with Crippen LogP contribution >= 0.6 is 0 Å². The zero-order chi connectivity index (χ0) is 13.2. The highest BCUT2D eigenvalue weighted by molar-refractivity contribution is 5.41. The van der Waals surface area contributed by atoms with Crippen molar-refractivity contribution >= 4 is 11.6 Å². The number of fused-ring (bicyclic) bond motifs is 1. The molecule has 0 aliphatic heterocycles. The Hall–Kier alpha value is -2.70. The van der Waals surface area contributed by atoms with E-state index >= 15 is 0 Å². The van der Waals surface area contributed by atoms with Gasteiger partial charge in [0.05, 0.1) is 7.11 Å². The van der Waals surface area contributed by atoms with Gasteiger partial charge in [-0.25, -0.2) is 9.97 Å². The SMILES string of the molecule is COc1cc(Cc2nccc3nc(N)nn23)ccn1. The Morgan fingerprint density at radius 3 is 2.95 bits per heavy atom. The van der Waals surface area contributed by atoms with Gasteiger partial charge in [-0.3, -0.25) is 0 Å². The number of ether oxygens (including phenoxy) is 1. The predicted octanol–water partition coefficient (Wildman–Crippen LogP) is 0.701. The maximum absolute atomic E-state index is 5.60. The molecule has 0 radical (unpaired) electrons.